The number of nitrogens with two attached hydrogens (primary N) is 1. The van der Waals surface area contributed by atoms with Gasteiger partial charge in [-0.2, -0.15) is 0 Å². The summed E-state index contributed by atoms with van der Waals surface area (Å²) in [6.45, 7) is 3.77. The molecule has 3 nitrogen and oxygen atoms in total. The lowest BCUT2D eigenvalue weighted by atomic mass is 10.1. The van der Waals surface area contributed by atoms with E-state index in [1.54, 1.807) is 31.2 Å². The average Bonchev–Trinajstić information content (AvgIpc) is 2.50. The van der Waals surface area contributed by atoms with Crippen LogP contribution in [-0.4, -0.2) is 12.6 Å². The van der Waals surface area contributed by atoms with Gasteiger partial charge in [-0.15, -0.1) is 0 Å². The number of hydrogen-bond donors (Lipinski definition) is 1. The van der Waals surface area contributed by atoms with E-state index in [1.807, 2.05) is 12.1 Å². The summed E-state index contributed by atoms with van der Waals surface area (Å²) >= 11 is 0. The molecule has 2 rings (SSSR count). The van der Waals surface area contributed by atoms with E-state index >= 15 is 0 Å². The number of esters is 1. The number of quaternary nitrogens is 1. The Bertz CT molecular complexity index is 579. The third-order valence-electron chi connectivity index (χ3n) is 3.14. The molecule has 0 heterocycles. The van der Waals surface area contributed by atoms with Gasteiger partial charge in [0.2, 0.25) is 0 Å². The molecule has 0 fully saturated rings. The zero-order valence-electron chi connectivity index (χ0n) is 12.0. The molecule has 21 heavy (non-hydrogen) atoms. The van der Waals surface area contributed by atoms with Gasteiger partial charge < -0.3 is 10.1 Å². The van der Waals surface area contributed by atoms with Crippen LogP contribution in [0, 0.1) is 5.82 Å². The molecule has 0 aliphatic carbocycles. The van der Waals surface area contributed by atoms with Crippen molar-refractivity contribution in [1.82, 2.24) is 0 Å². The van der Waals surface area contributed by atoms with Crippen LogP contribution >= 0.6 is 0 Å². The van der Waals surface area contributed by atoms with Crippen LogP contribution < -0.4 is 5.32 Å². The molecule has 0 amide bonds. The molecule has 0 aliphatic rings. The maximum atomic E-state index is 12.8. The van der Waals surface area contributed by atoms with Crippen LogP contribution in [0.3, 0.4) is 0 Å². The second-order valence-corrected chi connectivity index (χ2v) is 4.74. The molecule has 0 saturated heterocycles. The molecular weight excluding hydrogens is 269 g/mol. The Balaban J connectivity index is 1.83. The highest BCUT2D eigenvalue weighted by atomic mass is 19.1. The molecular formula is C17H19FNO2+. The van der Waals surface area contributed by atoms with Crippen LogP contribution in [0.1, 0.15) is 28.4 Å². The van der Waals surface area contributed by atoms with E-state index in [1.165, 1.54) is 12.1 Å². The topological polar surface area (TPSA) is 42.9 Å². The van der Waals surface area contributed by atoms with Gasteiger partial charge in [0.15, 0.2) is 0 Å². The van der Waals surface area contributed by atoms with Crippen LogP contribution in [0.2, 0.25) is 0 Å². The number of benzene rings is 2. The maximum Gasteiger partial charge on any atom is 0.338 e. The first-order valence-electron chi connectivity index (χ1n) is 7.01. The Hall–Kier alpha value is -2.20. The number of hydrogen-bond acceptors (Lipinski definition) is 2. The smallest absolute Gasteiger partial charge is 0.338 e. The standard InChI is InChI=1S/C17H18FNO2/c1-2-21-17(20)15-7-3-13(4-8-15)11-19-12-14-5-9-16(18)10-6-14/h3-10,19H,2,11-12H2,1H3/p+1. The van der Waals surface area contributed by atoms with Gasteiger partial charge in [-0.3, -0.25) is 0 Å². The highest BCUT2D eigenvalue weighted by molar-refractivity contribution is 5.89. The van der Waals surface area contributed by atoms with E-state index in [9.17, 15) is 9.18 Å². The van der Waals surface area contributed by atoms with Crippen molar-refractivity contribution >= 4 is 5.97 Å². The molecule has 0 aliphatic heterocycles. The molecule has 110 valence electrons. The molecule has 0 atom stereocenters. The van der Waals surface area contributed by atoms with Crippen LogP contribution in [0.15, 0.2) is 48.5 Å². The predicted octanol–water partition coefficient (Wildman–Crippen LogP) is 2.27. The number of halogens is 1. The zero-order chi connectivity index (χ0) is 15.1. The maximum absolute atomic E-state index is 12.8. The third kappa shape index (κ3) is 4.68. The van der Waals surface area contributed by atoms with Gasteiger partial charge in [0.1, 0.15) is 18.9 Å². The fourth-order valence-corrected chi connectivity index (χ4v) is 2.02. The average molecular weight is 288 g/mol. The van der Waals surface area contributed by atoms with Gasteiger partial charge in [-0.05, 0) is 31.2 Å². The van der Waals surface area contributed by atoms with E-state index in [4.69, 9.17) is 4.74 Å². The van der Waals surface area contributed by atoms with Crippen molar-refractivity contribution in [3.8, 4) is 0 Å². The van der Waals surface area contributed by atoms with Gasteiger partial charge in [0.05, 0.1) is 12.2 Å². The summed E-state index contributed by atoms with van der Waals surface area (Å²) in [6, 6.07) is 13.9. The molecule has 0 unspecified atom stereocenters. The number of ether oxygens (including phenoxy) is 1. The molecule has 2 aromatic rings. The largest absolute Gasteiger partial charge is 0.462 e. The normalized spacial score (nSPS) is 10.4. The minimum atomic E-state index is -0.292. The second-order valence-electron chi connectivity index (χ2n) is 4.74. The molecule has 0 bridgehead atoms. The minimum Gasteiger partial charge on any atom is -0.462 e. The highest BCUT2D eigenvalue weighted by Crippen LogP contribution is 2.05. The lowest BCUT2D eigenvalue weighted by molar-refractivity contribution is -0.686. The lowest BCUT2D eigenvalue weighted by Crippen LogP contribution is -2.80. The van der Waals surface area contributed by atoms with Crippen molar-refractivity contribution in [2.24, 2.45) is 0 Å². The van der Waals surface area contributed by atoms with Gasteiger partial charge in [0, 0.05) is 11.1 Å². The number of carbonyl (C=O) groups is 1. The Labute approximate surface area is 123 Å². The lowest BCUT2D eigenvalue weighted by Gasteiger charge is -2.04. The Morgan fingerprint density at radius 1 is 1.00 bits per heavy atom. The van der Waals surface area contributed by atoms with E-state index in [0.717, 1.165) is 24.2 Å². The van der Waals surface area contributed by atoms with Crippen molar-refractivity contribution in [2.45, 2.75) is 20.0 Å². The quantitative estimate of drug-likeness (QED) is 0.829. The molecule has 0 spiro atoms. The monoisotopic (exact) mass is 288 g/mol. The molecule has 4 heteroatoms. The van der Waals surface area contributed by atoms with Gasteiger partial charge in [-0.25, -0.2) is 9.18 Å². The third-order valence-corrected chi connectivity index (χ3v) is 3.14. The summed E-state index contributed by atoms with van der Waals surface area (Å²) in [5.41, 5.74) is 2.78. The predicted molar refractivity (Wildman–Crippen MR) is 78.1 cm³/mol. The van der Waals surface area contributed by atoms with E-state index < -0.39 is 0 Å². The summed E-state index contributed by atoms with van der Waals surface area (Å²) in [5.74, 6) is -0.507. The van der Waals surface area contributed by atoms with Crippen molar-refractivity contribution in [2.75, 3.05) is 6.61 Å². The van der Waals surface area contributed by atoms with Crippen LogP contribution in [0.25, 0.3) is 0 Å². The summed E-state index contributed by atoms with van der Waals surface area (Å²) in [5, 5.41) is 2.13. The fourth-order valence-electron chi connectivity index (χ4n) is 2.02. The van der Waals surface area contributed by atoms with E-state index in [-0.39, 0.29) is 11.8 Å². The van der Waals surface area contributed by atoms with Crippen LogP contribution in [-0.2, 0) is 17.8 Å². The van der Waals surface area contributed by atoms with Crippen molar-refractivity contribution in [3.05, 3.63) is 71.0 Å². The second kappa shape index (κ2) is 7.55. The fraction of sp³-hybridized carbons (Fsp3) is 0.235. The SMILES string of the molecule is CCOC(=O)c1ccc(C[NH2+]Cc2ccc(F)cc2)cc1. The summed E-state index contributed by atoms with van der Waals surface area (Å²) in [7, 11) is 0. The summed E-state index contributed by atoms with van der Waals surface area (Å²) in [6.07, 6.45) is 0. The molecule has 2 aromatic carbocycles. The summed E-state index contributed by atoms with van der Waals surface area (Å²) < 4.78 is 17.7. The molecule has 0 aromatic heterocycles. The Kier molecular flexibility index (Phi) is 5.46. The molecule has 2 N–H and O–H groups in total. The van der Waals surface area contributed by atoms with Gasteiger partial charge in [0.25, 0.3) is 0 Å². The van der Waals surface area contributed by atoms with Crippen molar-refractivity contribution in [1.29, 1.82) is 0 Å². The zero-order valence-corrected chi connectivity index (χ0v) is 12.0. The molecule has 0 saturated carbocycles. The minimum absolute atomic E-state index is 0.215. The van der Waals surface area contributed by atoms with Gasteiger partial charge >= 0.3 is 5.97 Å². The summed E-state index contributed by atoms with van der Waals surface area (Å²) in [4.78, 5) is 11.5. The molecule has 0 radical (unpaired) electrons. The van der Waals surface area contributed by atoms with Crippen LogP contribution in [0.5, 0.6) is 0 Å². The first-order chi connectivity index (χ1) is 10.2. The van der Waals surface area contributed by atoms with E-state index in [2.05, 4.69) is 5.32 Å². The first-order valence-corrected chi connectivity index (χ1v) is 7.01. The number of rotatable bonds is 6. The Morgan fingerprint density at radius 3 is 2.05 bits per heavy atom. The van der Waals surface area contributed by atoms with Crippen molar-refractivity contribution < 1.29 is 19.2 Å². The first kappa shape index (κ1) is 15.2. The van der Waals surface area contributed by atoms with Crippen LogP contribution in [0.4, 0.5) is 4.39 Å². The number of carbonyl (C=O) groups excluding carboxylic acids is 1. The van der Waals surface area contributed by atoms with Crippen molar-refractivity contribution in [3.63, 3.8) is 0 Å². The Morgan fingerprint density at radius 2 is 1.52 bits per heavy atom. The van der Waals surface area contributed by atoms with E-state index in [0.29, 0.717) is 12.2 Å². The highest BCUT2D eigenvalue weighted by Gasteiger charge is 2.06. The van der Waals surface area contributed by atoms with Gasteiger partial charge in [-0.1, -0.05) is 24.3 Å².